The molecular weight excluding hydrogens is 390 g/mol. The average molecular weight is 418 g/mol. The molecule has 1 unspecified atom stereocenters. The summed E-state index contributed by atoms with van der Waals surface area (Å²) in [6, 6.07) is 6.85. The summed E-state index contributed by atoms with van der Waals surface area (Å²) < 4.78 is 5.67. The van der Waals surface area contributed by atoms with E-state index in [1.54, 1.807) is 29.8 Å². The maximum Gasteiger partial charge on any atom is 0.313 e. The van der Waals surface area contributed by atoms with Crippen molar-refractivity contribution in [2.75, 3.05) is 45.1 Å². The van der Waals surface area contributed by atoms with E-state index in [1.807, 2.05) is 12.3 Å². The number of benzene rings is 1. The number of aromatic nitrogens is 1. The Balaban J connectivity index is 1.45. The highest BCUT2D eigenvalue weighted by Crippen LogP contribution is 2.18. The van der Waals surface area contributed by atoms with Gasteiger partial charge in [-0.15, -0.1) is 11.3 Å². The Hall–Kier alpha value is -2.49. The second-order valence-electron chi connectivity index (χ2n) is 7.23. The first-order valence-corrected chi connectivity index (χ1v) is 10.6. The minimum absolute atomic E-state index is 0.107. The molecule has 3 rings (SSSR count). The Labute approximate surface area is 174 Å². The van der Waals surface area contributed by atoms with Crippen LogP contribution in [0, 0.1) is 0 Å². The third-order valence-corrected chi connectivity index (χ3v) is 5.31. The Morgan fingerprint density at radius 3 is 2.76 bits per heavy atom. The van der Waals surface area contributed by atoms with E-state index in [4.69, 9.17) is 4.74 Å². The van der Waals surface area contributed by atoms with Gasteiger partial charge in [0, 0.05) is 55.9 Å². The van der Waals surface area contributed by atoms with Crippen LogP contribution >= 0.6 is 11.3 Å². The molecule has 0 spiro atoms. The Morgan fingerprint density at radius 1 is 1.24 bits per heavy atom. The summed E-state index contributed by atoms with van der Waals surface area (Å²) in [6.45, 7) is 6.96. The van der Waals surface area contributed by atoms with Crippen LogP contribution < -0.4 is 15.4 Å². The molecule has 0 bridgehead atoms. The van der Waals surface area contributed by atoms with E-state index >= 15 is 0 Å². The third-order valence-electron chi connectivity index (χ3n) is 4.67. The van der Waals surface area contributed by atoms with Gasteiger partial charge in [0.15, 0.2) is 0 Å². The predicted molar refractivity (Wildman–Crippen MR) is 113 cm³/mol. The average Bonchev–Trinajstić information content (AvgIpc) is 3.22. The lowest BCUT2D eigenvalue weighted by Crippen LogP contribution is -2.51. The number of hydrogen-bond acceptors (Lipinski definition) is 7. The molecule has 1 saturated heterocycles. The summed E-state index contributed by atoms with van der Waals surface area (Å²) in [6.07, 6.45) is 0. The highest BCUT2D eigenvalue weighted by atomic mass is 32.1. The van der Waals surface area contributed by atoms with Crippen LogP contribution in [0.4, 0.5) is 5.69 Å². The van der Waals surface area contributed by atoms with E-state index in [9.17, 15) is 9.59 Å². The van der Waals surface area contributed by atoms with Crippen molar-refractivity contribution in [1.82, 2.24) is 20.1 Å². The van der Waals surface area contributed by atoms with Gasteiger partial charge in [-0.05, 0) is 26.1 Å². The Kier molecular flexibility index (Phi) is 7.56. The van der Waals surface area contributed by atoms with Crippen LogP contribution in [-0.4, -0.2) is 72.4 Å². The number of ether oxygens (including phenoxy) is 1. The smallest absolute Gasteiger partial charge is 0.313 e. The minimum Gasteiger partial charge on any atom is -0.487 e. The molecule has 1 fully saturated rings. The van der Waals surface area contributed by atoms with E-state index in [0.717, 1.165) is 38.4 Å². The first kappa shape index (κ1) is 21.2. The van der Waals surface area contributed by atoms with Gasteiger partial charge in [-0.3, -0.25) is 14.5 Å². The van der Waals surface area contributed by atoms with E-state index in [1.165, 1.54) is 11.3 Å². The molecule has 9 heteroatoms. The number of rotatable bonds is 7. The van der Waals surface area contributed by atoms with Gasteiger partial charge in [0.1, 0.15) is 12.4 Å². The zero-order valence-corrected chi connectivity index (χ0v) is 17.6. The SMILES string of the molecule is CC(CN1CCN(C)CC1)NC(=O)C(=O)Nc1cccc(OCc2cscn2)c1. The fourth-order valence-electron chi connectivity index (χ4n) is 3.07. The van der Waals surface area contributed by atoms with Crippen LogP contribution in [0.2, 0.25) is 0 Å². The van der Waals surface area contributed by atoms with Crippen molar-refractivity contribution in [1.29, 1.82) is 0 Å². The van der Waals surface area contributed by atoms with Crippen molar-refractivity contribution < 1.29 is 14.3 Å². The van der Waals surface area contributed by atoms with Crippen molar-refractivity contribution in [3.05, 3.63) is 40.8 Å². The molecule has 2 aromatic rings. The first-order valence-electron chi connectivity index (χ1n) is 9.62. The number of carbonyl (C=O) groups is 2. The molecule has 29 heavy (non-hydrogen) atoms. The molecule has 0 aliphatic carbocycles. The fraction of sp³-hybridized carbons (Fsp3) is 0.450. The van der Waals surface area contributed by atoms with E-state index in [-0.39, 0.29) is 6.04 Å². The number of carbonyl (C=O) groups excluding carboxylic acids is 2. The Morgan fingerprint density at radius 2 is 2.03 bits per heavy atom. The van der Waals surface area contributed by atoms with Gasteiger partial charge >= 0.3 is 11.8 Å². The highest BCUT2D eigenvalue weighted by Gasteiger charge is 2.20. The molecular formula is C20H27N5O3S. The summed E-state index contributed by atoms with van der Waals surface area (Å²) >= 11 is 1.51. The molecule has 156 valence electrons. The van der Waals surface area contributed by atoms with E-state index in [0.29, 0.717) is 18.0 Å². The quantitative estimate of drug-likeness (QED) is 0.663. The second-order valence-corrected chi connectivity index (χ2v) is 7.95. The van der Waals surface area contributed by atoms with Crippen LogP contribution in [0.1, 0.15) is 12.6 Å². The van der Waals surface area contributed by atoms with Crippen LogP contribution in [0.3, 0.4) is 0 Å². The maximum atomic E-state index is 12.2. The number of nitrogens with zero attached hydrogens (tertiary/aromatic N) is 3. The van der Waals surface area contributed by atoms with E-state index < -0.39 is 11.8 Å². The highest BCUT2D eigenvalue weighted by molar-refractivity contribution is 7.07. The number of anilines is 1. The zero-order chi connectivity index (χ0) is 20.6. The summed E-state index contributed by atoms with van der Waals surface area (Å²) in [4.78, 5) is 33.2. The lowest BCUT2D eigenvalue weighted by atomic mass is 10.2. The largest absolute Gasteiger partial charge is 0.487 e. The molecule has 1 aliphatic heterocycles. The summed E-state index contributed by atoms with van der Waals surface area (Å²) in [5.74, 6) is -0.730. The number of hydrogen-bond donors (Lipinski definition) is 2. The standard InChI is InChI=1S/C20H27N5O3S/c1-15(11-25-8-6-24(2)7-9-25)22-19(26)20(27)23-16-4-3-5-18(10-16)28-12-17-13-29-14-21-17/h3-5,10,13-15H,6-9,11-12H2,1-2H3,(H,22,26)(H,23,27). The molecule has 1 aliphatic rings. The molecule has 1 aromatic heterocycles. The predicted octanol–water partition coefficient (Wildman–Crippen LogP) is 1.41. The van der Waals surface area contributed by atoms with Crippen molar-refractivity contribution in [2.24, 2.45) is 0 Å². The van der Waals surface area contributed by atoms with Gasteiger partial charge in [-0.25, -0.2) is 4.98 Å². The van der Waals surface area contributed by atoms with Crippen molar-refractivity contribution in [3.8, 4) is 5.75 Å². The molecule has 1 aromatic carbocycles. The first-order chi connectivity index (χ1) is 14.0. The minimum atomic E-state index is -0.688. The lowest BCUT2D eigenvalue weighted by Gasteiger charge is -2.33. The molecule has 0 saturated carbocycles. The second kappa shape index (κ2) is 10.3. The van der Waals surface area contributed by atoms with Gasteiger partial charge in [0.25, 0.3) is 0 Å². The monoisotopic (exact) mass is 417 g/mol. The van der Waals surface area contributed by atoms with Gasteiger partial charge in [-0.1, -0.05) is 6.07 Å². The van der Waals surface area contributed by atoms with E-state index in [2.05, 4.69) is 32.5 Å². The molecule has 1 atom stereocenters. The van der Waals surface area contributed by atoms with Gasteiger partial charge in [0.05, 0.1) is 11.2 Å². The molecule has 2 N–H and O–H groups in total. The topological polar surface area (TPSA) is 86.8 Å². The van der Waals surface area contributed by atoms with Crippen LogP contribution in [0.5, 0.6) is 5.75 Å². The lowest BCUT2D eigenvalue weighted by molar-refractivity contribution is -0.136. The molecule has 2 heterocycles. The fourth-order valence-corrected chi connectivity index (χ4v) is 3.61. The van der Waals surface area contributed by atoms with Crippen molar-refractivity contribution >= 4 is 28.8 Å². The van der Waals surface area contributed by atoms with Crippen molar-refractivity contribution in [3.63, 3.8) is 0 Å². The number of piperazine rings is 1. The van der Waals surface area contributed by atoms with Gasteiger partial charge in [0.2, 0.25) is 0 Å². The van der Waals surface area contributed by atoms with Gasteiger partial charge < -0.3 is 20.3 Å². The summed E-state index contributed by atoms with van der Waals surface area (Å²) in [5.41, 5.74) is 3.10. The van der Waals surface area contributed by atoms with Gasteiger partial charge in [-0.2, -0.15) is 0 Å². The number of nitrogens with one attached hydrogen (secondary N) is 2. The normalized spacial score (nSPS) is 16.2. The summed E-state index contributed by atoms with van der Waals surface area (Å²) in [7, 11) is 2.10. The number of amides is 2. The molecule has 0 radical (unpaired) electrons. The number of thiazole rings is 1. The third kappa shape index (κ3) is 6.81. The van der Waals surface area contributed by atoms with Crippen LogP contribution in [-0.2, 0) is 16.2 Å². The van der Waals surface area contributed by atoms with Crippen LogP contribution in [0.25, 0.3) is 0 Å². The Bertz CT molecular complexity index is 806. The summed E-state index contributed by atoms with van der Waals surface area (Å²) in [5, 5.41) is 7.31. The molecule has 2 amide bonds. The van der Waals surface area contributed by atoms with Crippen LogP contribution in [0.15, 0.2) is 35.2 Å². The number of likely N-dealkylation sites (N-methyl/N-ethyl adjacent to an activating group) is 1. The van der Waals surface area contributed by atoms with Crippen molar-refractivity contribution in [2.45, 2.75) is 19.6 Å². The zero-order valence-electron chi connectivity index (χ0n) is 16.8. The maximum absolute atomic E-state index is 12.2. The molecule has 8 nitrogen and oxygen atoms in total.